The fourth-order valence-electron chi connectivity index (χ4n) is 4.44. The molecule has 1 atom stereocenters. The molecule has 3 rings (SSSR count). The van der Waals surface area contributed by atoms with E-state index < -0.39 is 0 Å². The zero-order chi connectivity index (χ0) is 21.7. The molecule has 0 N–H and O–H groups in total. The lowest BCUT2D eigenvalue weighted by atomic mass is 9.71. The predicted octanol–water partition coefficient (Wildman–Crippen LogP) is 9.35. The second-order valence-corrected chi connectivity index (χ2v) is 12.1. The van der Waals surface area contributed by atoms with Crippen molar-refractivity contribution in [3.63, 3.8) is 0 Å². The molecule has 3 aromatic heterocycles. The van der Waals surface area contributed by atoms with Gasteiger partial charge in [-0.15, -0.1) is 11.3 Å². The third-order valence-electron chi connectivity index (χ3n) is 6.93. The Bertz CT molecular complexity index is 841. The Balaban J connectivity index is 1.54. The van der Waals surface area contributed by atoms with Crippen molar-refractivity contribution in [2.24, 2.45) is 0 Å². The van der Waals surface area contributed by atoms with E-state index in [0.717, 1.165) is 12.2 Å². The van der Waals surface area contributed by atoms with Crippen LogP contribution in [-0.2, 0) is 16.2 Å². The second-order valence-electron chi connectivity index (χ2n) is 10.4. The van der Waals surface area contributed by atoms with Gasteiger partial charge in [-0.1, -0.05) is 59.9 Å². The van der Waals surface area contributed by atoms with E-state index in [1.165, 1.54) is 49.0 Å². The summed E-state index contributed by atoms with van der Waals surface area (Å²) >= 11 is 3.72. The summed E-state index contributed by atoms with van der Waals surface area (Å²) in [6, 6.07) is 10.9. The third kappa shape index (κ3) is 5.88. The van der Waals surface area contributed by atoms with Gasteiger partial charge in [0.25, 0.3) is 0 Å². The number of thiophene rings is 2. The van der Waals surface area contributed by atoms with Crippen LogP contribution in [0.3, 0.4) is 0 Å². The fraction of sp³-hybridized carbons (Fsp3) is 0.556. The molecule has 0 saturated carbocycles. The molecule has 0 bridgehead atoms. The minimum Gasteiger partial charge on any atom is -0.469 e. The second kappa shape index (κ2) is 9.87. The molecule has 0 aliphatic heterocycles. The molecule has 3 heteroatoms. The van der Waals surface area contributed by atoms with Crippen molar-refractivity contribution in [3.8, 4) is 0 Å². The molecule has 0 saturated heterocycles. The van der Waals surface area contributed by atoms with Gasteiger partial charge >= 0.3 is 0 Å². The topological polar surface area (TPSA) is 13.1 Å². The molecule has 1 nitrogen and oxygen atoms in total. The highest BCUT2D eigenvalue weighted by molar-refractivity contribution is 7.10. The Labute approximate surface area is 191 Å². The van der Waals surface area contributed by atoms with Gasteiger partial charge < -0.3 is 4.42 Å². The first-order valence-electron chi connectivity index (χ1n) is 11.3. The Kier molecular flexibility index (Phi) is 7.68. The average Bonchev–Trinajstić information content (AvgIpc) is 3.48. The quantitative estimate of drug-likeness (QED) is 0.255. The Morgan fingerprint density at radius 1 is 0.767 bits per heavy atom. The van der Waals surface area contributed by atoms with Crippen LogP contribution in [0, 0.1) is 0 Å². The molecule has 0 aromatic carbocycles. The summed E-state index contributed by atoms with van der Waals surface area (Å²) < 4.78 is 5.73. The molecule has 30 heavy (non-hydrogen) atoms. The van der Waals surface area contributed by atoms with Crippen LogP contribution in [0.5, 0.6) is 0 Å². The van der Waals surface area contributed by atoms with Crippen LogP contribution in [0.15, 0.2) is 57.2 Å². The lowest BCUT2D eigenvalue weighted by Crippen LogP contribution is -2.26. The van der Waals surface area contributed by atoms with E-state index in [-0.39, 0.29) is 10.8 Å². The van der Waals surface area contributed by atoms with E-state index in [4.69, 9.17) is 4.42 Å². The summed E-state index contributed by atoms with van der Waals surface area (Å²) in [7, 11) is 0. The summed E-state index contributed by atoms with van der Waals surface area (Å²) in [5.41, 5.74) is 2.14. The van der Waals surface area contributed by atoms with E-state index >= 15 is 0 Å². The Morgan fingerprint density at radius 2 is 1.57 bits per heavy atom. The van der Waals surface area contributed by atoms with Crippen molar-refractivity contribution in [2.75, 3.05) is 0 Å². The van der Waals surface area contributed by atoms with Crippen molar-refractivity contribution in [2.45, 2.75) is 95.8 Å². The highest BCUT2D eigenvalue weighted by atomic mass is 32.1. The first-order chi connectivity index (χ1) is 14.2. The molecule has 3 aromatic rings. The minimum absolute atomic E-state index is 0.0749. The molecule has 0 spiro atoms. The van der Waals surface area contributed by atoms with Gasteiger partial charge in [0.05, 0.1) is 6.26 Å². The lowest BCUT2D eigenvalue weighted by Gasteiger charge is -2.33. The molecule has 164 valence electrons. The molecule has 0 radical (unpaired) electrons. The smallest absolute Gasteiger partial charge is 0.109 e. The number of furan rings is 1. The van der Waals surface area contributed by atoms with Gasteiger partial charge in [0.2, 0.25) is 0 Å². The van der Waals surface area contributed by atoms with Crippen LogP contribution in [0.25, 0.3) is 0 Å². The number of unbranched alkanes of at least 4 members (excludes halogenated alkanes) is 2. The maximum Gasteiger partial charge on any atom is 0.109 e. The van der Waals surface area contributed by atoms with E-state index in [9.17, 15) is 0 Å². The van der Waals surface area contributed by atoms with Crippen molar-refractivity contribution in [3.05, 3.63) is 68.9 Å². The molecule has 0 aliphatic rings. The van der Waals surface area contributed by atoms with Crippen molar-refractivity contribution < 1.29 is 4.42 Å². The van der Waals surface area contributed by atoms with Gasteiger partial charge in [-0.05, 0) is 82.5 Å². The van der Waals surface area contributed by atoms with Crippen LogP contribution in [0.4, 0.5) is 0 Å². The molecule has 0 amide bonds. The summed E-state index contributed by atoms with van der Waals surface area (Å²) in [5, 5.41) is 6.79. The number of hydrogen-bond donors (Lipinski definition) is 0. The summed E-state index contributed by atoms with van der Waals surface area (Å²) in [4.78, 5) is 1.52. The Morgan fingerprint density at radius 3 is 2.20 bits per heavy atom. The summed E-state index contributed by atoms with van der Waals surface area (Å²) in [6.07, 6.45) is 10.6. The lowest BCUT2D eigenvalue weighted by molar-refractivity contribution is 0.295. The zero-order valence-electron chi connectivity index (χ0n) is 19.4. The van der Waals surface area contributed by atoms with Crippen LogP contribution in [-0.4, -0.2) is 0 Å². The van der Waals surface area contributed by atoms with Crippen molar-refractivity contribution >= 4 is 22.7 Å². The molecular weight excluding hydrogens is 404 g/mol. The van der Waals surface area contributed by atoms with Gasteiger partial charge in [-0.3, -0.25) is 0 Å². The van der Waals surface area contributed by atoms with Gasteiger partial charge in [-0.25, -0.2) is 0 Å². The summed E-state index contributed by atoms with van der Waals surface area (Å²) in [5.74, 6) is 1.10. The first kappa shape index (κ1) is 23.3. The maximum absolute atomic E-state index is 5.73. The third-order valence-corrected chi connectivity index (χ3v) is 8.85. The van der Waals surface area contributed by atoms with Crippen molar-refractivity contribution in [1.29, 1.82) is 0 Å². The molecule has 1 unspecified atom stereocenters. The van der Waals surface area contributed by atoms with Crippen molar-refractivity contribution in [1.82, 2.24) is 0 Å². The molecule has 0 fully saturated rings. The predicted molar refractivity (Wildman–Crippen MR) is 133 cm³/mol. The SMILES string of the molecule is CC(C)(CCC(C)(CCCCCC(C)(C)c1cccs1)c1ccsc1)c1ccco1. The van der Waals surface area contributed by atoms with E-state index in [2.05, 4.69) is 75.0 Å². The van der Waals surface area contributed by atoms with E-state index in [1.54, 1.807) is 6.26 Å². The molecule has 0 aliphatic carbocycles. The zero-order valence-corrected chi connectivity index (χ0v) is 21.0. The fourth-order valence-corrected chi connectivity index (χ4v) is 6.14. The maximum atomic E-state index is 5.73. The van der Waals surface area contributed by atoms with Crippen LogP contribution in [0.2, 0.25) is 0 Å². The van der Waals surface area contributed by atoms with Gasteiger partial charge in [0.1, 0.15) is 5.76 Å². The van der Waals surface area contributed by atoms with Gasteiger partial charge in [0.15, 0.2) is 0 Å². The highest BCUT2D eigenvalue weighted by Gasteiger charge is 2.32. The number of rotatable bonds is 12. The molecule has 3 heterocycles. The average molecular weight is 443 g/mol. The van der Waals surface area contributed by atoms with Gasteiger partial charge in [-0.2, -0.15) is 11.3 Å². The molecular formula is C27H38OS2. The van der Waals surface area contributed by atoms with Crippen LogP contribution < -0.4 is 0 Å². The first-order valence-corrected chi connectivity index (χ1v) is 13.2. The largest absolute Gasteiger partial charge is 0.469 e. The Hall–Kier alpha value is -1.32. The standard InChI is InChI=1S/C27H38OS2/c1-25(2,23-11-9-18-28-23)16-17-27(5,22-13-20-29-21-22)15-8-6-7-14-26(3,4)24-12-10-19-30-24/h9-13,18-21H,6-8,14-17H2,1-5H3. The van der Waals surface area contributed by atoms with Gasteiger partial charge in [0, 0.05) is 10.3 Å². The highest BCUT2D eigenvalue weighted by Crippen LogP contribution is 2.40. The summed E-state index contributed by atoms with van der Waals surface area (Å²) in [6.45, 7) is 11.9. The van der Waals surface area contributed by atoms with Crippen LogP contribution >= 0.6 is 22.7 Å². The van der Waals surface area contributed by atoms with E-state index in [1.807, 2.05) is 28.7 Å². The monoisotopic (exact) mass is 442 g/mol. The van der Waals surface area contributed by atoms with Crippen LogP contribution in [0.1, 0.15) is 95.8 Å². The normalized spacial score (nSPS) is 14.7. The number of hydrogen-bond acceptors (Lipinski definition) is 3. The van der Waals surface area contributed by atoms with E-state index in [0.29, 0.717) is 5.41 Å². The minimum atomic E-state index is 0.0749.